The van der Waals surface area contributed by atoms with Crippen LogP contribution >= 0.6 is 0 Å². The standard InChI is InChI=1S/C35H42FN3O3/c1-3-5-12-31(39-24-28(36)23-32(39)25-42-33-20-16-27(17-21-33)35(40)41)22-26-14-18-30(19-15-26)38-34(13-6-4-2)37-29-10-8-7-9-11-29/h7-21,28,32,37-38H,3-6,22-25H2,1-2H3,(H,40,41)/b31-12-,34-13+. The summed E-state index contributed by atoms with van der Waals surface area (Å²) < 4.78 is 20.7. The molecule has 42 heavy (non-hydrogen) atoms. The molecule has 0 amide bonds. The Morgan fingerprint density at radius 3 is 2.21 bits per heavy atom. The largest absolute Gasteiger partial charge is 0.491 e. The summed E-state index contributed by atoms with van der Waals surface area (Å²) in [6, 6.07) is 24.8. The number of benzene rings is 3. The lowest BCUT2D eigenvalue weighted by Crippen LogP contribution is -2.34. The SMILES string of the molecule is CCC/C=C(/Cc1ccc(N/C(=C/CCC)Nc2ccccc2)cc1)N1CC(F)CC1COc1ccc(C(=O)O)cc1. The number of likely N-dealkylation sites (tertiary alicyclic amines) is 1. The van der Waals surface area contributed by atoms with E-state index in [9.17, 15) is 9.18 Å². The summed E-state index contributed by atoms with van der Waals surface area (Å²) in [6.45, 7) is 4.99. The number of alkyl halides is 1. The highest BCUT2D eigenvalue weighted by Gasteiger charge is 2.33. The zero-order valence-corrected chi connectivity index (χ0v) is 24.6. The molecule has 1 heterocycles. The number of halogens is 1. The second-order valence-corrected chi connectivity index (χ2v) is 10.7. The molecule has 222 valence electrons. The molecule has 1 saturated heterocycles. The molecule has 1 aliphatic heterocycles. The van der Waals surface area contributed by atoms with Gasteiger partial charge in [-0.05, 0) is 73.0 Å². The number of hydrogen-bond acceptors (Lipinski definition) is 5. The topological polar surface area (TPSA) is 73.8 Å². The van der Waals surface area contributed by atoms with E-state index >= 15 is 0 Å². The summed E-state index contributed by atoms with van der Waals surface area (Å²) in [5, 5.41) is 16.1. The van der Waals surface area contributed by atoms with Crippen molar-refractivity contribution in [3.05, 3.63) is 114 Å². The van der Waals surface area contributed by atoms with Crippen molar-refractivity contribution in [3.8, 4) is 5.75 Å². The van der Waals surface area contributed by atoms with Crippen molar-refractivity contribution in [1.29, 1.82) is 0 Å². The van der Waals surface area contributed by atoms with Gasteiger partial charge in [0.2, 0.25) is 0 Å². The van der Waals surface area contributed by atoms with Gasteiger partial charge in [-0.2, -0.15) is 0 Å². The van der Waals surface area contributed by atoms with Gasteiger partial charge in [-0.25, -0.2) is 9.18 Å². The van der Waals surface area contributed by atoms with Crippen LogP contribution in [0.3, 0.4) is 0 Å². The maximum atomic E-state index is 14.7. The lowest BCUT2D eigenvalue weighted by atomic mass is 10.1. The Kier molecular flexibility index (Phi) is 11.4. The number of carboxylic acid groups (broad SMARTS) is 1. The smallest absolute Gasteiger partial charge is 0.335 e. The third-order valence-electron chi connectivity index (χ3n) is 7.25. The molecular weight excluding hydrogens is 529 g/mol. The molecule has 2 unspecified atom stereocenters. The minimum absolute atomic E-state index is 0.0986. The highest BCUT2D eigenvalue weighted by molar-refractivity contribution is 5.87. The first-order valence-electron chi connectivity index (χ1n) is 14.9. The molecule has 3 aromatic rings. The van der Waals surface area contributed by atoms with Crippen molar-refractivity contribution in [2.45, 2.75) is 64.6 Å². The molecule has 0 aliphatic carbocycles. The molecule has 0 bridgehead atoms. The van der Waals surface area contributed by atoms with E-state index in [1.165, 1.54) is 12.1 Å². The van der Waals surface area contributed by atoms with E-state index in [0.717, 1.165) is 54.1 Å². The number of ether oxygens (including phenoxy) is 1. The highest BCUT2D eigenvalue weighted by atomic mass is 19.1. The molecular formula is C35H42FN3O3. The van der Waals surface area contributed by atoms with E-state index in [0.29, 0.717) is 31.7 Å². The average Bonchev–Trinajstić information content (AvgIpc) is 3.38. The second kappa shape index (κ2) is 15.7. The number of rotatable bonds is 15. The molecule has 3 aromatic carbocycles. The summed E-state index contributed by atoms with van der Waals surface area (Å²) in [6.07, 6.45) is 8.56. The number of allylic oxidation sites excluding steroid dienone is 3. The van der Waals surface area contributed by atoms with Gasteiger partial charge in [0.1, 0.15) is 24.3 Å². The van der Waals surface area contributed by atoms with Crippen LogP contribution in [0.2, 0.25) is 0 Å². The van der Waals surface area contributed by atoms with Crippen molar-refractivity contribution in [2.75, 3.05) is 23.8 Å². The fourth-order valence-corrected chi connectivity index (χ4v) is 5.03. The Hall–Kier alpha value is -4.26. The van der Waals surface area contributed by atoms with E-state index < -0.39 is 12.1 Å². The normalized spacial score (nSPS) is 17.3. The monoisotopic (exact) mass is 571 g/mol. The van der Waals surface area contributed by atoms with E-state index in [4.69, 9.17) is 9.84 Å². The van der Waals surface area contributed by atoms with Gasteiger partial charge in [-0.3, -0.25) is 0 Å². The third-order valence-corrected chi connectivity index (χ3v) is 7.25. The zero-order valence-electron chi connectivity index (χ0n) is 24.6. The fraction of sp³-hybridized carbons (Fsp3) is 0.343. The van der Waals surface area contributed by atoms with Gasteiger partial charge in [-0.15, -0.1) is 0 Å². The predicted molar refractivity (Wildman–Crippen MR) is 169 cm³/mol. The van der Waals surface area contributed by atoms with Crippen molar-refractivity contribution in [1.82, 2.24) is 4.90 Å². The van der Waals surface area contributed by atoms with Gasteiger partial charge < -0.3 is 25.4 Å². The molecule has 0 radical (unpaired) electrons. The van der Waals surface area contributed by atoms with Crippen LogP contribution in [0.15, 0.2) is 103 Å². The fourth-order valence-electron chi connectivity index (χ4n) is 5.03. The number of para-hydroxylation sites is 1. The van der Waals surface area contributed by atoms with Crippen LogP contribution in [-0.4, -0.2) is 41.3 Å². The van der Waals surface area contributed by atoms with Crippen molar-refractivity contribution < 1.29 is 19.0 Å². The van der Waals surface area contributed by atoms with Gasteiger partial charge in [0.05, 0.1) is 11.6 Å². The number of anilines is 2. The molecule has 2 atom stereocenters. The number of carboxylic acids is 1. The Labute approximate surface area is 248 Å². The van der Waals surface area contributed by atoms with E-state index in [1.807, 2.05) is 30.3 Å². The first-order chi connectivity index (χ1) is 20.4. The number of nitrogens with one attached hydrogen (secondary N) is 2. The summed E-state index contributed by atoms with van der Waals surface area (Å²) >= 11 is 0. The average molecular weight is 572 g/mol. The van der Waals surface area contributed by atoms with E-state index in [1.54, 1.807) is 12.1 Å². The molecule has 6 nitrogen and oxygen atoms in total. The van der Waals surface area contributed by atoms with Crippen LogP contribution in [0.4, 0.5) is 15.8 Å². The molecule has 3 N–H and O–H groups in total. The van der Waals surface area contributed by atoms with Gasteiger partial charge in [0.25, 0.3) is 0 Å². The molecule has 7 heteroatoms. The first-order valence-corrected chi connectivity index (χ1v) is 14.9. The van der Waals surface area contributed by atoms with Crippen LogP contribution in [0, 0.1) is 0 Å². The van der Waals surface area contributed by atoms with E-state index in [-0.39, 0.29) is 11.6 Å². The Balaban J connectivity index is 1.42. The van der Waals surface area contributed by atoms with Crippen molar-refractivity contribution >= 4 is 17.3 Å². The summed E-state index contributed by atoms with van der Waals surface area (Å²) in [5.74, 6) is 0.555. The van der Waals surface area contributed by atoms with Crippen LogP contribution in [0.5, 0.6) is 5.75 Å². The predicted octanol–water partition coefficient (Wildman–Crippen LogP) is 8.27. The summed E-state index contributed by atoms with van der Waals surface area (Å²) in [7, 11) is 0. The molecule has 1 fully saturated rings. The summed E-state index contributed by atoms with van der Waals surface area (Å²) in [4.78, 5) is 13.3. The minimum atomic E-state index is -0.976. The molecule has 0 aromatic heterocycles. The maximum Gasteiger partial charge on any atom is 0.335 e. The Morgan fingerprint density at radius 1 is 0.929 bits per heavy atom. The van der Waals surface area contributed by atoms with Crippen LogP contribution < -0.4 is 15.4 Å². The van der Waals surface area contributed by atoms with Crippen LogP contribution in [0.1, 0.15) is 61.9 Å². The van der Waals surface area contributed by atoms with Gasteiger partial charge in [-0.1, -0.05) is 63.1 Å². The van der Waals surface area contributed by atoms with Gasteiger partial charge >= 0.3 is 5.97 Å². The van der Waals surface area contributed by atoms with Crippen LogP contribution in [0.25, 0.3) is 0 Å². The van der Waals surface area contributed by atoms with Crippen molar-refractivity contribution in [2.24, 2.45) is 0 Å². The first kappa shape index (κ1) is 30.7. The second-order valence-electron chi connectivity index (χ2n) is 10.7. The number of hydrogen-bond donors (Lipinski definition) is 3. The van der Waals surface area contributed by atoms with E-state index in [2.05, 4.69) is 65.8 Å². The lowest BCUT2D eigenvalue weighted by molar-refractivity contribution is 0.0697. The molecule has 0 saturated carbocycles. The van der Waals surface area contributed by atoms with Crippen LogP contribution in [-0.2, 0) is 6.42 Å². The quantitative estimate of drug-likeness (QED) is 0.171. The molecule has 0 spiro atoms. The molecule has 4 rings (SSSR count). The molecule has 1 aliphatic rings. The minimum Gasteiger partial charge on any atom is -0.491 e. The highest BCUT2D eigenvalue weighted by Crippen LogP contribution is 2.29. The third kappa shape index (κ3) is 9.13. The van der Waals surface area contributed by atoms with Gasteiger partial charge in [0, 0.05) is 36.5 Å². The number of carbonyl (C=O) groups is 1. The number of nitrogens with zero attached hydrogens (tertiary/aromatic N) is 1. The maximum absolute atomic E-state index is 14.7. The zero-order chi connectivity index (χ0) is 29.7. The number of aromatic carboxylic acids is 1. The summed E-state index contributed by atoms with van der Waals surface area (Å²) in [5.41, 5.74) is 4.50. The Morgan fingerprint density at radius 2 is 1.57 bits per heavy atom. The lowest BCUT2D eigenvalue weighted by Gasteiger charge is -2.29. The van der Waals surface area contributed by atoms with Crippen molar-refractivity contribution in [3.63, 3.8) is 0 Å². The Bertz CT molecular complexity index is 1320. The number of unbranched alkanes of at least 4 members (excludes halogenated alkanes) is 2. The van der Waals surface area contributed by atoms with Gasteiger partial charge in [0.15, 0.2) is 0 Å².